The summed E-state index contributed by atoms with van der Waals surface area (Å²) in [5, 5.41) is 17.2. The Bertz CT molecular complexity index is 628. The van der Waals surface area contributed by atoms with Gasteiger partial charge in [-0.25, -0.2) is 0 Å². The topological polar surface area (TPSA) is 67.2 Å². The summed E-state index contributed by atoms with van der Waals surface area (Å²) in [7, 11) is 1.79. The van der Waals surface area contributed by atoms with E-state index in [1.54, 1.807) is 42.4 Å². The second-order valence-electron chi connectivity index (χ2n) is 5.19. The number of rotatable bonds is 4. The van der Waals surface area contributed by atoms with Crippen LogP contribution in [0.4, 0.5) is 0 Å². The number of nitrogens with zero attached hydrogens (tertiary/aromatic N) is 2. The highest BCUT2D eigenvalue weighted by atomic mass is 32.1. The van der Waals surface area contributed by atoms with Crippen molar-refractivity contribution in [2.24, 2.45) is 7.05 Å². The number of hydrogen-bond acceptors (Lipinski definition) is 4. The Balaban J connectivity index is 2.04. The first-order valence-electron chi connectivity index (χ1n) is 6.36. The molecule has 0 bridgehead atoms. The summed E-state index contributed by atoms with van der Waals surface area (Å²) in [5.74, 6) is -0.156. The molecule has 2 N–H and O–H groups in total. The molecule has 0 saturated heterocycles. The zero-order valence-electron chi connectivity index (χ0n) is 12.1. The van der Waals surface area contributed by atoms with Crippen molar-refractivity contribution >= 4 is 17.2 Å². The lowest BCUT2D eigenvalue weighted by Crippen LogP contribution is -2.38. The monoisotopic (exact) mass is 293 g/mol. The minimum Gasteiger partial charge on any atom is -0.383 e. The highest BCUT2D eigenvalue weighted by Crippen LogP contribution is 2.22. The Morgan fingerprint density at radius 3 is 2.75 bits per heavy atom. The first-order chi connectivity index (χ1) is 9.29. The van der Waals surface area contributed by atoms with Crippen LogP contribution < -0.4 is 5.32 Å². The van der Waals surface area contributed by atoms with Gasteiger partial charge in [-0.05, 0) is 26.8 Å². The molecule has 0 spiro atoms. The highest BCUT2D eigenvalue weighted by Gasteiger charge is 2.26. The van der Waals surface area contributed by atoms with Crippen LogP contribution in [-0.4, -0.2) is 27.3 Å². The van der Waals surface area contributed by atoms with E-state index in [1.807, 2.05) is 19.9 Å². The van der Waals surface area contributed by atoms with E-state index in [0.29, 0.717) is 11.1 Å². The normalized spacial score (nSPS) is 14.1. The molecule has 0 aromatic carbocycles. The van der Waals surface area contributed by atoms with Gasteiger partial charge in [-0.2, -0.15) is 5.10 Å². The summed E-state index contributed by atoms with van der Waals surface area (Å²) in [6, 6.07) is 1.87. The van der Waals surface area contributed by atoms with Crippen molar-refractivity contribution in [3.8, 4) is 0 Å². The smallest absolute Gasteiger partial charge is 0.252 e. The Kier molecular flexibility index (Phi) is 3.96. The molecule has 1 unspecified atom stereocenters. The van der Waals surface area contributed by atoms with Crippen LogP contribution in [0.25, 0.3) is 0 Å². The van der Waals surface area contributed by atoms with E-state index in [2.05, 4.69) is 10.4 Å². The van der Waals surface area contributed by atoms with Crippen LogP contribution >= 0.6 is 11.3 Å². The summed E-state index contributed by atoms with van der Waals surface area (Å²) < 4.78 is 1.62. The molecule has 0 fully saturated rings. The molecular formula is C14H19N3O2S. The van der Waals surface area contributed by atoms with Gasteiger partial charge in [0.15, 0.2) is 0 Å². The van der Waals surface area contributed by atoms with Crippen LogP contribution in [-0.2, 0) is 12.6 Å². The molecule has 2 aromatic rings. The molecule has 20 heavy (non-hydrogen) atoms. The zero-order chi connectivity index (χ0) is 14.9. The fourth-order valence-electron chi connectivity index (χ4n) is 2.01. The fraction of sp³-hybridized carbons (Fsp3) is 0.429. The molecule has 0 saturated carbocycles. The van der Waals surface area contributed by atoms with E-state index in [0.717, 1.165) is 9.75 Å². The van der Waals surface area contributed by atoms with Crippen LogP contribution in [0.5, 0.6) is 0 Å². The van der Waals surface area contributed by atoms with Crippen molar-refractivity contribution in [1.29, 1.82) is 0 Å². The zero-order valence-corrected chi connectivity index (χ0v) is 12.9. The number of thiophene rings is 1. The van der Waals surface area contributed by atoms with Gasteiger partial charge < -0.3 is 10.4 Å². The Morgan fingerprint density at radius 1 is 1.55 bits per heavy atom. The van der Waals surface area contributed by atoms with E-state index in [-0.39, 0.29) is 12.5 Å². The lowest BCUT2D eigenvalue weighted by Gasteiger charge is -2.22. The van der Waals surface area contributed by atoms with Crippen molar-refractivity contribution < 1.29 is 9.90 Å². The molecule has 0 radical (unpaired) electrons. The van der Waals surface area contributed by atoms with Crippen molar-refractivity contribution in [1.82, 2.24) is 15.1 Å². The number of carbonyl (C=O) groups excluding carboxylic acids is 1. The molecule has 2 heterocycles. The maximum absolute atomic E-state index is 12.1. The molecule has 5 nitrogen and oxygen atoms in total. The van der Waals surface area contributed by atoms with E-state index >= 15 is 0 Å². The number of carbonyl (C=O) groups is 1. The van der Waals surface area contributed by atoms with Crippen LogP contribution in [0.15, 0.2) is 18.5 Å². The van der Waals surface area contributed by atoms with E-state index in [9.17, 15) is 9.90 Å². The van der Waals surface area contributed by atoms with Gasteiger partial charge >= 0.3 is 0 Å². The summed E-state index contributed by atoms with van der Waals surface area (Å²) in [5.41, 5.74) is 0.219. The molecule has 108 valence electrons. The SMILES string of the molecule is Cc1cc(C(=O)NCC(C)(O)c2cnn(C)c2)c(C)s1. The highest BCUT2D eigenvalue weighted by molar-refractivity contribution is 7.12. The average molecular weight is 293 g/mol. The van der Waals surface area contributed by atoms with Crippen LogP contribution in [0.2, 0.25) is 0 Å². The predicted molar refractivity (Wildman–Crippen MR) is 78.9 cm³/mol. The molecule has 1 amide bonds. The summed E-state index contributed by atoms with van der Waals surface area (Å²) in [6.07, 6.45) is 3.35. The molecule has 2 rings (SSSR count). The van der Waals surface area contributed by atoms with Gasteiger partial charge in [0.25, 0.3) is 5.91 Å². The van der Waals surface area contributed by atoms with Gasteiger partial charge in [0.1, 0.15) is 5.60 Å². The second-order valence-corrected chi connectivity index (χ2v) is 6.65. The maximum Gasteiger partial charge on any atom is 0.252 e. The van der Waals surface area contributed by atoms with Gasteiger partial charge in [0.05, 0.1) is 18.3 Å². The van der Waals surface area contributed by atoms with E-state index in [4.69, 9.17) is 0 Å². The van der Waals surface area contributed by atoms with Crippen LogP contribution in [0.3, 0.4) is 0 Å². The third-order valence-corrected chi connectivity index (χ3v) is 4.17. The summed E-state index contributed by atoms with van der Waals surface area (Å²) in [6.45, 7) is 5.70. The fourth-order valence-corrected chi connectivity index (χ4v) is 2.93. The average Bonchev–Trinajstić information content (AvgIpc) is 2.93. The van der Waals surface area contributed by atoms with Gasteiger partial charge in [-0.15, -0.1) is 11.3 Å². The summed E-state index contributed by atoms with van der Waals surface area (Å²) >= 11 is 1.59. The molecule has 1 atom stereocenters. The van der Waals surface area contributed by atoms with Gasteiger partial charge in [-0.3, -0.25) is 9.48 Å². The molecule has 0 aliphatic carbocycles. The number of aryl methyl sites for hydroxylation is 3. The van der Waals surface area contributed by atoms with Crippen LogP contribution in [0.1, 0.15) is 32.6 Å². The van der Waals surface area contributed by atoms with Crippen molar-refractivity contribution in [2.75, 3.05) is 6.54 Å². The minimum absolute atomic E-state index is 0.145. The maximum atomic E-state index is 12.1. The molecular weight excluding hydrogens is 274 g/mol. The third kappa shape index (κ3) is 3.08. The lowest BCUT2D eigenvalue weighted by molar-refractivity contribution is 0.0526. The van der Waals surface area contributed by atoms with Gasteiger partial charge in [-0.1, -0.05) is 0 Å². The lowest BCUT2D eigenvalue weighted by atomic mass is 9.99. The molecule has 2 aromatic heterocycles. The van der Waals surface area contributed by atoms with Crippen molar-refractivity contribution in [3.63, 3.8) is 0 Å². The molecule has 6 heteroatoms. The third-order valence-electron chi connectivity index (χ3n) is 3.21. The second kappa shape index (κ2) is 5.38. The Hall–Kier alpha value is -1.66. The molecule has 0 aliphatic heterocycles. The first-order valence-corrected chi connectivity index (χ1v) is 7.18. The van der Waals surface area contributed by atoms with E-state index in [1.165, 1.54) is 0 Å². The van der Waals surface area contributed by atoms with Crippen molar-refractivity contribution in [3.05, 3.63) is 39.3 Å². The number of aromatic nitrogens is 2. The first kappa shape index (κ1) is 14.7. The van der Waals surface area contributed by atoms with E-state index < -0.39 is 5.60 Å². The van der Waals surface area contributed by atoms with Gasteiger partial charge in [0.2, 0.25) is 0 Å². The number of hydrogen-bond donors (Lipinski definition) is 2. The summed E-state index contributed by atoms with van der Waals surface area (Å²) in [4.78, 5) is 14.2. The largest absolute Gasteiger partial charge is 0.383 e. The van der Waals surface area contributed by atoms with Crippen molar-refractivity contribution in [2.45, 2.75) is 26.4 Å². The predicted octanol–water partition coefficient (Wildman–Crippen LogP) is 1.74. The number of nitrogens with one attached hydrogen (secondary N) is 1. The minimum atomic E-state index is -1.14. The number of amides is 1. The quantitative estimate of drug-likeness (QED) is 0.902. The standard InChI is InChI=1S/C14H19N3O2S/c1-9-5-12(10(2)20-9)13(18)15-8-14(3,19)11-6-16-17(4)7-11/h5-7,19H,8H2,1-4H3,(H,15,18). The Labute approximate surface area is 122 Å². The Morgan fingerprint density at radius 2 is 2.25 bits per heavy atom. The van der Waals surface area contributed by atoms with Gasteiger partial charge in [0, 0.05) is 28.6 Å². The van der Waals surface area contributed by atoms with Crippen LogP contribution in [0, 0.1) is 13.8 Å². The number of aliphatic hydroxyl groups is 1. The molecule has 0 aliphatic rings.